The highest BCUT2D eigenvalue weighted by molar-refractivity contribution is 6.30. The van der Waals surface area contributed by atoms with Crippen molar-refractivity contribution in [1.82, 2.24) is 14.8 Å². The number of rotatable bonds is 2. The Morgan fingerprint density at radius 1 is 1.08 bits per heavy atom. The zero-order valence-corrected chi connectivity index (χ0v) is 15.3. The molecule has 3 unspecified atom stereocenters. The van der Waals surface area contributed by atoms with Crippen LogP contribution in [0.3, 0.4) is 0 Å². The van der Waals surface area contributed by atoms with Gasteiger partial charge >= 0.3 is 0 Å². The van der Waals surface area contributed by atoms with Gasteiger partial charge in [0.1, 0.15) is 0 Å². The SMILES string of the molecule is O=C(c1ccc(Cl)cc1)N1CC(c2cccnc2)C2C1C1CCN2CC1. The van der Waals surface area contributed by atoms with Crippen molar-refractivity contribution >= 4 is 17.5 Å². The molecule has 4 nitrogen and oxygen atoms in total. The Kier molecular flexibility index (Phi) is 3.98. The van der Waals surface area contributed by atoms with E-state index < -0.39 is 0 Å². The van der Waals surface area contributed by atoms with Crippen molar-refractivity contribution < 1.29 is 4.79 Å². The predicted molar refractivity (Wildman–Crippen MR) is 101 cm³/mol. The summed E-state index contributed by atoms with van der Waals surface area (Å²) in [5.41, 5.74) is 1.98. The molecule has 3 atom stereocenters. The van der Waals surface area contributed by atoms with Gasteiger partial charge in [0.2, 0.25) is 0 Å². The number of halogens is 1. The van der Waals surface area contributed by atoms with Crippen LogP contribution in [0.25, 0.3) is 0 Å². The summed E-state index contributed by atoms with van der Waals surface area (Å²) in [7, 11) is 0. The number of amides is 1. The number of piperidine rings is 3. The van der Waals surface area contributed by atoms with Crippen molar-refractivity contribution in [2.45, 2.75) is 30.8 Å². The van der Waals surface area contributed by atoms with Crippen LogP contribution in [0.5, 0.6) is 0 Å². The molecular formula is C21H22ClN3O. The van der Waals surface area contributed by atoms with Crippen molar-refractivity contribution in [3.63, 3.8) is 0 Å². The summed E-state index contributed by atoms with van der Waals surface area (Å²) in [6.45, 7) is 3.09. The minimum Gasteiger partial charge on any atom is -0.333 e. The van der Waals surface area contributed by atoms with E-state index in [-0.39, 0.29) is 5.91 Å². The van der Waals surface area contributed by atoms with Crippen molar-refractivity contribution in [3.05, 3.63) is 64.9 Å². The average Bonchev–Trinajstić information content (AvgIpc) is 3.12. The third-order valence-electron chi connectivity index (χ3n) is 6.46. The van der Waals surface area contributed by atoms with Gasteiger partial charge < -0.3 is 4.90 Å². The average molecular weight is 368 g/mol. The first-order valence-electron chi connectivity index (χ1n) is 9.43. The van der Waals surface area contributed by atoms with Crippen LogP contribution < -0.4 is 0 Å². The Hall–Kier alpha value is -1.91. The lowest BCUT2D eigenvalue weighted by molar-refractivity contribution is -0.00342. The highest BCUT2D eigenvalue weighted by Crippen LogP contribution is 2.46. The summed E-state index contributed by atoms with van der Waals surface area (Å²) in [6, 6.07) is 12.2. The van der Waals surface area contributed by atoms with Gasteiger partial charge in [0.05, 0.1) is 6.04 Å². The van der Waals surface area contributed by atoms with Crippen molar-refractivity contribution in [1.29, 1.82) is 0 Å². The maximum atomic E-state index is 13.3. The van der Waals surface area contributed by atoms with Gasteiger partial charge in [0, 0.05) is 41.5 Å². The normalized spacial score (nSPS) is 32.5. The molecule has 1 aromatic carbocycles. The van der Waals surface area contributed by atoms with Crippen LogP contribution in [0.4, 0.5) is 0 Å². The molecule has 0 radical (unpaired) electrons. The van der Waals surface area contributed by atoms with Crippen LogP contribution in [-0.2, 0) is 0 Å². The Morgan fingerprint density at radius 3 is 2.54 bits per heavy atom. The molecule has 0 spiro atoms. The number of nitrogens with zero attached hydrogens (tertiary/aromatic N) is 3. The minimum absolute atomic E-state index is 0.136. The molecule has 0 N–H and O–H groups in total. The summed E-state index contributed by atoms with van der Waals surface area (Å²) in [6.07, 6.45) is 6.19. The number of pyridine rings is 1. The van der Waals surface area contributed by atoms with Gasteiger partial charge in [-0.15, -0.1) is 0 Å². The van der Waals surface area contributed by atoms with Gasteiger partial charge in [0.15, 0.2) is 0 Å². The lowest BCUT2D eigenvalue weighted by Gasteiger charge is -2.51. The van der Waals surface area contributed by atoms with Gasteiger partial charge in [-0.05, 0) is 67.7 Å². The topological polar surface area (TPSA) is 36.4 Å². The number of carbonyl (C=O) groups excluding carboxylic acids is 1. The summed E-state index contributed by atoms with van der Waals surface area (Å²) < 4.78 is 0. The van der Waals surface area contributed by atoms with E-state index in [1.165, 1.54) is 18.4 Å². The Morgan fingerprint density at radius 2 is 1.85 bits per heavy atom. The van der Waals surface area contributed by atoms with Gasteiger partial charge in [-0.1, -0.05) is 17.7 Å². The molecule has 4 fully saturated rings. The molecule has 4 aliphatic heterocycles. The van der Waals surface area contributed by atoms with E-state index in [0.29, 0.717) is 28.9 Å². The lowest BCUT2D eigenvalue weighted by atomic mass is 9.75. The molecule has 2 aromatic rings. The molecule has 4 saturated heterocycles. The zero-order chi connectivity index (χ0) is 17.7. The lowest BCUT2D eigenvalue weighted by Crippen LogP contribution is -2.60. The molecule has 0 saturated carbocycles. The fraction of sp³-hybridized carbons (Fsp3) is 0.429. The number of hydrogen-bond donors (Lipinski definition) is 0. The molecule has 0 aliphatic carbocycles. The Labute approximate surface area is 158 Å². The molecule has 1 amide bonds. The number of likely N-dealkylation sites (tertiary alicyclic amines) is 1. The van der Waals surface area contributed by atoms with E-state index in [4.69, 9.17) is 11.6 Å². The third kappa shape index (κ3) is 2.55. The minimum atomic E-state index is 0.136. The summed E-state index contributed by atoms with van der Waals surface area (Å²) in [5, 5.41) is 0.664. The fourth-order valence-corrected chi connectivity index (χ4v) is 5.43. The van der Waals surface area contributed by atoms with Crippen molar-refractivity contribution in [3.8, 4) is 0 Å². The maximum Gasteiger partial charge on any atom is 0.254 e. The largest absolute Gasteiger partial charge is 0.333 e. The second kappa shape index (κ2) is 6.36. The van der Waals surface area contributed by atoms with Crippen LogP contribution in [0.1, 0.15) is 34.7 Å². The van der Waals surface area contributed by atoms with E-state index in [0.717, 1.165) is 25.2 Å². The van der Waals surface area contributed by atoms with E-state index in [9.17, 15) is 4.79 Å². The van der Waals surface area contributed by atoms with Crippen LogP contribution in [-0.4, -0.2) is 52.4 Å². The van der Waals surface area contributed by atoms with Crippen LogP contribution in [0.15, 0.2) is 48.8 Å². The van der Waals surface area contributed by atoms with Gasteiger partial charge in [-0.2, -0.15) is 0 Å². The zero-order valence-electron chi connectivity index (χ0n) is 14.6. The first kappa shape index (κ1) is 16.3. The first-order valence-corrected chi connectivity index (χ1v) is 9.80. The molecule has 4 aliphatic rings. The van der Waals surface area contributed by atoms with Crippen LogP contribution in [0, 0.1) is 5.92 Å². The van der Waals surface area contributed by atoms with Crippen molar-refractivity contribution in [2.24, 2.45) is 5.92 Å². The summed E-state index contributed by atoms with van der Waals surface area (Å²) in [5.74, 6) is 1.09. The van der Waals surface area contributed by atoms with Gasteiger partial charge in [-0.25, -0.2) is 0 Å². The number of aromatic nitrogens is 1. The molecule has 6 rings (SSSR count). The predicted octanol–water partition coefficient (Wildman–Crippen LogP) is 3.44. The van der Waals surface area contributed by atoms with Crippen LogP contribution >= 0.6 is 11.6 Å². The third-order valence-corrected chi connectivity index (χ3v) is 6.71. The molecule has 134 valence electrons. The number of carbonyl (C=O) groups is 1. The first-order chi connectivity index (χ1) is 12.7. The number of fused-ring (bicyclic) bond motifs is 2. The standard InChI is InChI=1S/C21H22ClN3O/c22-17-5-3-15(4-6-17)21(26)25-13-18(16-2-1-9-23-12-16)20-19(25)14-7-10-24(20)11-8-14/h1-6,9,12,14,18-20H,7-8,10-11,13H2. The van der Waals surface area contributed by atoms with E-state index in [2.05, 4.69) is 20.9 Å². The van der Waals surface area contributed by atoms with E-state index >= 15 is 0 Å². The van der Waals surface area contributed by atoms with Gasteiger partial charge in [-0.3, -0.25) is 14.7 Å². The Bertz CT molecular complexity index is 802. The van der Waals surface area contributed by atoms with Crippen molar-refractivity contribution in [2.75, 3.05) is 19.6 Å². The smallest absolute Gasteiger partial charge is 0.254 e. The maximum absolute atomic E-state index is 13.3. The monoisotopic (exact) mass is 367 g/mol. The fourth-order valence-electron chi connectivity index (χ4n) is 5.30. The highest BCUT2D eigenvalue weighted by atomic mass is 35.5. The van der Waals surface area contributed by atoms with Gasteiger partial charge in [0.25, 0.3) is 5.91 Å². The molecule has 5 heteroatoms. The molecule has 5 heterocycles. The molecule has 2 bridgehead atoms. The molecular weight excluding hydrogens is 346 g/mol. The van der Waals surface area contributed by atoms with E-state index in [1.54, 1.807) is 12.1 Å². The highest BCUT2D eigenvalue weighted by Gasteiger charge is 2.54. The molecule has 1 aromatic heterocycles. The second-order valence-electron chi connectivity index (χ2n) is 7.71. The van der Waals surface area contributed by atoms with E-state index in [1.807, 2.05) is 30.6 Å². The number of benzene rings is 1. The van der Waals surface area contributed by atoms with Crippen LogP contribution in [0.2, 0.25) is 5.02 Å². The summed E-state index contributed by atoms with van der Waals surface area (Å²) >= 11 is 6.00. The Balaban J connectivity index is 1.52. The second-order valence-corrected chi connectivity index (χ2v) is 8.15. The quantitative estimate of drug-likeness (QED) is 0.815. The molecule has 26 heavy (non-hydrogen) atoms. The summed E-state index contributed by atoms with van der Waals surface area (Å²) in [4.78, 5) is 22.4. The number of hydrogen-bond acceptors (Lipinski definition) is 3.